The summed E-state index contributed by atoms with van der Waals surface area (Å²) in [5.41, 5.74) is 5.02. The maximum atomic E-state index is 9.41. The van der Waals surface area contributed by atoms with E-state index in [-0.39, 0.29) is 12.0 Å². The first kappa shape index (κ1) is 14.0. The second-order valence-corrected chi connectivity index (χ2v) is 5.45. The van der Waals surface area contributed by atoms with Crippen molar-refractivity contribution >= 4 is 5.69 Å². The van der Waals surface area contributed by atoms with Gasteiger partial charge in [-0.1, -0.05) is 31.5 Å². The zero-order chi connectivity index (χ0) is 13.1. The Morgan fingerprint density at radius 3 is 2.12 bits per heavy atom. The van der Waals surface area contributed by atoms with E-state index in [2.05, 4.69) is 52.1 Å². The van der Waals surface area contributed by atoms with Gasteiger partial charge in [0.2, 0.25) is 0 Å². The van der Waals surface area contributed by atoms with Gasteiger partial charge in [0.25, 0.3) is 0 Å². The number of nitrogens with one attached hydrogen (secondary N) is 1. The Balaban J connectivity index is 2.83. The molecule has 0 spiro atoms. The van der Waals surface area contributed by atoms with Gasteiger partial charge < -0.3 is 10.4 Å². The normalized spacial score (nSPS) is 14.5. The summed E-state index contributed by atoms with van der Waals surface area (Å²) in [6, 6.07) is 4.38. The van der Waals surface area contributed by atoms with Crippen molar-refractivity contribution < 1.29 is 5.11 Å². The Morgan fingerprint density at radius 2 is 1.71 bits per heavy atom. The van der Waals surface area contributed by atoms with Crippen LogP contribution in [0.2, 0.25) is 0 Å². The average molecular weight is 235 g/mol. The summed E-state index contributed by atoms with van der Waals surface area (Å²) >= 11 is 0. The minimum atomic E-state index is -0.0379. The fourth-order valence-corrected chi connectivity index (χ4v) is 2.05. The Kier molecular flexibility index (Phi) is 4.58. The molecule has 0 bridgehead atoms. The molecule has 1 rings (SSSR count). The van der Waals surface area contributed by atoms with Gasteiger partial charge >= 0.3 is 0 Å². The van der Waals surface area contributed by atoms with Crippen molar-refractivity contribution in [3.8, 4) is 0 Å². The van der Waals surface area contributed by atoms with Gasteiger partial charge in [-0.25, -0.2) is 0 Å². The van der Waals surface area contributed by atoms with Gasteiger partial charge in [0.05, 0.1) is 6.61 Å². The van der Waals surface area contributed by atoms with Crippen molar-refractivity contribution in [3.63, 3.8) is 0 Å². The van der Waals surface area contributed by atoms with Crippen LogP contribution < -0.4 is 5.32 Å². The lowest BCUT2D eigenvalue weighted by Gasteiger charge is -2.27. The zero-order valence-electron chi connectivity index (χ0n) is 11.7. The number of rotatable bonds is 5. The zero-order valence-corrected chi connectivity index (χ0v) is 11.7. The highest BCUT2D eigenvalue weighted by molar-refractivity contribution is 5.58. The molecule has 1 atom stereocenters. The summed E-state index contributed by atoms with van der Waals surface area (Å²) in [4.78, 5) is 0. The SMILES string of the molecule is CCC(C)(CO)CNc1c(C)cc(C)cc1C. The van der Waals surface area contributed by atoms with Crippen molar-refractivity contribution in [2.24, 2.45) is 5.41 Å². The highest BCUT2D eigenvalue weighted by Gasteiger charge is 2.21. The van der Waals surface area contributed by atoms with Crippen LogP contribution in [0.4, 0.5) is 5.69 Å². The van der Waals surface area contributed by atoms with Gasteiger partial charge in [-0.15, -0.1) is 0 Å². The van der Waals surface area contributed by atoms with Gasteiger partial charge in [0.15, 0.2) is 0 Å². The monoisotopic (exact) mass is 235 g/mol. The van der Waals surface area contributed by atoms with Crippen LogP contribution >= 0.6 is 0 Å². The van der Waals surface area contributed by atoms with Crippen LogP contribution in [0.25, 0.3) is 0 Å². The second-order valence-electron chi connectivity index (χ2n) is 5.45. The molecule has 1 aromatic carbocycles. The molecular formula is C15H25NO. The lowest BCUT2D eigenvalue weighted by atomic mass is 9.88. The van der Waals surface area contributed by atoms with E-state index >= 15 is 0 Å². The average Bonchev–Trinajstić information content (AvgIpc) is 2.27. The van der Waals surface area contributed by atoms with E-state index in [9.17, 15) is 5.11 Å². The molecule has 0 aliphatic rings. The van der Waals surface area contributed by atoms with Gasteiger partial charge in [-0.05, 0) is 38.3 Å². The molecule has 2 heteroatoms. The van der Waals surface area contributed by atoms with Gasteiger partial charge in [0, 0.05) is 17.6 Å². The van der Waals surface area contributed by atoms with Crippen LogP contribution in [0.1, 0.15) is 37.0 Å². The van der Waals surface area contributed by atoms with Gasteiger partial charge in [-0.2, -0.15) is 0 Å². The number of benzene rings is 1. The van der Waals surface area contributed by atoms with Crippen LogP contribution in [-0.2, 0) is 0 Å². The molecule has 17 heavy (non-hydrogen) atoms. The number of aryl methyl sites for hydroxylation is 3. The predicted molar refractivity (Wildman–Crippen MR) is 74.6 cm³/mol. The van der Waals surface area contributed by atoms with Crippen LogP contribution in [0.3, 0.4) is 0 Å². The summed E-state index contributed by atoms with van der Waals surface area (Å²) in [5, 5.41) is 12.9. The van der Waals surface area contributed by atoms with E-state index in [4.69, 9.17) is 0 Å². The van der Waals surface area contributed by atoms with E-state index in [0.717, 1.165) is 13.0 Å². The summed E-state index contributed by atoms with van der Waals surface area (Å²) < 4.78 is 0. The molecule has 0 saturated carbocycles. The first-order valence-corrected chi connectivity index (χ1v) is 6.34. The third-order valence-electron chi connectivity index (χ3n) is 3.60. The molecule has 0 saturated heterocycles. The van der Waals surface area contributed by atoms with Gasteiger partial charge in [0.1, 0.15) is 0 Å². The van der Waals surface area contributed by atoms with E-state index < -0.39 is 0 Å². The molecule has 96 valence electrons. The van der Waals surface area contributed by atoms with Crippen LogP contribution in [0, 0.1) is 26.2 Å². The van der Waals surface area contributed by atoms with E-state index in [0.29, 0.717) is 0 Å². The molecule has 0 amide bonds. The van der Waals surface area contributed by atoms with Crippen LogP contribution in [0.5, 0.6) is 0 Å². The number of anilines is 1. The van der Waals surface area contributed by atoms with Crippen molar-refractivity contribution in [2.75, 3.05) is 18.5 Å². The largest absolute Gasteiger partial charge is 0.396 e. The molecule has 0 fully saturated rings. The smallest absolute Gasteiger partial charge is 0.0501 e. The topological polar surface area (TPSA) is 32.3 Å². The molecule has 0 heterocycles. The molecule has 0 radical (unpaired) electrons. The van der Waals surface area contributed by atoms with E-state index in [1.807, 2.05) is 0 Å². The molecule has 0 aliphatic carbocycles. The highest BCUT2D eigenvalue weighted by atomic mass is 16.3. The first-order valence-electron chi connectivity index (χ1n) is 6.34. The van der Waals surface area contributed by atoms with Crippen LogP contribution in [0.15, 0.2) is 12.1 Å². The number of hydrogen-bond donors (Lipinski definition) is 2. The highest BCUT2D eigenvalue weighted by Crippen LogP contribution is 2.25. The fourth-order valence-electron chi connectivity index (χ4n) is 2.05. The minimum absolute atomic E-state index is 0.0379. The van der Waals surface area contributed by atoms with E-state index in [1.165, 1.54) is 22.4 Å². The third-order valence-corrected chi connectivity index (χ3v) is 3.60. The summed E-state index contributed by atoms with van der Waals surface area (Å²) in [6.45, 7) is 11.6. The fraction of sp³-hybridized carbons (Fsp3) is 0.600. The van der Waals surface area contributed by atoms with Gasteiger partial charge in [-0.3, -0.25) is 0 Å². The summed E-state index contributed by atoms with van der Waals surface area (Å²) in [7, 11) is 0. The molecule has 2 N–H and O–H groups in total. The van der Waals surface area contributed by atoms with Crippen molar-refractivity contribution in [3.05, 3.63) is 28.8 Å². The quantitative estimate of drug-likeness (QED) is 0.819. The Morgan fingerprint density at radius 1 is 1.18 bits per heavy atom. The summed E-state index contributed by atoms with van der Waals surface area (Å²) in [6.07, 6.45) is 0.973. The predicted octanol–water partition coefficient (Wildman–Crippen LogP) is 3.43. The van der Waals surface area contributed by atoms with Crippen LogP contribution in [-0.4, -0.2) is 18.3 Å². The minimum Gasteiger partial charge on any atom is -0.396 e. The molecule has 0 aliphatic heterocycles. The Labute approximate surface area is 105 Å². The molecular weight excluding hydrogens is 210 g/mol. The molecule has 2 nitrogen and oxygen atoms in total. The van der Waals surface area contributed by atoms with Crippen molar-refractivity contribution in [1.82, 2.24) is 0 Å². The van der Waals surface area contributed by atoms with Crippen molar-refractivity contribution in [2.45, 2.75) is 41.0 Å². The first-order chi connectivity index (χ1) is 7.91. The second kappa shape index (κ2) is 5.54. The van der Waals surface area contributed by atoms with Crippen molar-refractivity contribution in [1.29, 1.82) is 0 Å². The molecule has 0 aromatic heterocycles. The van der Waals surface area contributed by atoms with E-state index in [1.54, 1.807) is 0 Å². The standard InChI is InChI=1S/C15H25NO/c1-6-15(5,10-17)9-16-14-12(3)7-11(2)8-13(14)4/h7-8,16-17H,6,9-10H2,1-5H3. The summed E-state index contributed by atoms with van der Waals surface area (Å²) in [5.74, 6) is 0. The third kappa shape index (κ3) is 3.47. The lowest BCUT2D eigenvalue weighted by Crippen LogP contribution is -2.30. The molecule has 1 unspecified atom stereocenters. The maximum absolute atomic E-state index is 9.41. The maximum Gasteiger partial charge on any atom is 0.0501 e. The Hall–Kier alpha value is -1.02. The number of hydrogen-bond acceptors (Lipinski definition) is 2. The Bertz CT molecular complexity index is 358. The molecule has 1 aromatic rings. The number of aliphatic hydroxyl groups excluding tert-OH is 1. The number of aliphatic hydroxyl groups is 1. The lowest BCUT2D eigenvalue weighted by molar-refractivity contribution is 0.149.